The van der Waals surface area contributed by atoms with Gasteiger partial charge in [0.25, 0.3) is 6.01 Å². The maximum absolute atomic E-state index is 5.86. The van der Waals surface area contributed by atoms with E-state index in [1.807, 2.05) is 24.3 Å². The van der Waals surface area contributed by atoms with E-state index in [-0.39, 0.29) is 0 Å². The number of oxazole rings is 1. The zero-order valence-corrected chi connectivity index (χ0v) is 12.4. The summed E-state index contributed by atoms with van der Waals surface area (Å²) in [5, 5.41) is 0. The number of nitrogens with zero attached hydrogens (tertiary/aromatic N) is 2. The van der Waals surface area contributed by atoms with Crippen LogP contribution in [0.2, 0.25) is 0 Å². The third-order valence-electron chi connectivity index (χ3n) is 5.24. The van der Waals surface area contributed by atoms with Crippen molar-refractivity contribution in [3.63, 3.8) is 0 Å². The fraction of sp³-hybridized carbons (Fsp3) is 0.316. The Morgan fingerprint density at radius 2 is 1.68 bits per heavy atom. The summed E-state index contributed by atoms with van der Waals surface area (Å²) in [5.41, 5.74) is 3.83. The molecule has 2 fully saturated rings. The lowest BCUT2D eigenvalue weighted by Gasteiger charge is -2.58. The molecule has 0 amide bonds. The molecule has 3 nitrogen and oxygen atoms in total. The summed E-state index contributed by atoms with van der Waals surface area (Å²) in [6.07, 6.45) is 2.60. The Labute approximate surface area is 129 Å². The highest BCUT2D eigenvalue weighted by molar-refractivity contribution is 5.74. The summed E-state index contributed by atoms with van der Waals surface area (Å²) in [5.74, 6) is 0.743. The van der Waals surface area contributed by atoms with Crippen molar-refractivity contribution in [3.8, 4) is 0 Å². The number of fused-ring (bicyclic) bond motifs is 1. The van der Waals surface area contributed by atoms with E-state index >= 15 is 0 Å². The molecule has 3 heteroatoms. The molecule has 2 aromatic carbocycles. The molecule has 110 valence electrons. The van der Waals surface area contributed by atoms with E-state index < -0.39 is 0 Å². The maximum atomic E-state index is 5.86. The molecule has 1 aromatic heterocycles. The lowest BCUT2D eigenvalue weighted by Crippen LogP contribution is -2.62. The molecular formula is C19H18N2O. The molecular weight excluding hydrogens is 272 g/mol. The van der Waals surface area contributed by atoms with Gasteiger partial charge in [-0.25, -0.2) is 0 Å². The first-order valence-corrected chi connectivity index (χ1v) is 7.97. The van der Waals surface area contributed by atoms with Crippen LogP contribution in [-0.4, -0.2) is 18.1 Å². The molecule has 0 radical (unpaired) electrons. The van der Waals surface area contributed by atoms with E-state index in [0.717, 1.165) is 36.1 Å². The highest BCUT2D eigenvalue weighted by Crippen LogP contribution is 2.56. The Bertz CT molecular complexity index is 777. The fourth-order valence-electron chi connectivity index (χ4n) is 4.10. The second-order valence-corrected chi connectivity index (χ2v) is 6.84. The molecule has 0 unspecified atom stereocenters. The van der Waals surface area contributed by atoms with Crippen LogP contribution in [0.4, 0.5) is 6.01 Å². The van der Waals surface area contributed by atoms with Crippen molar-refractivity contribution in [3.05, 3.63) is 60.2 Å². The van der Waals surface area contributed by atoms with Crippen molar-refractivity contribution >= 4 is 17.1 Å². The highest BCUT2D eigenvalue weighted by atomic mass is 16.4. The summed E-state index contributed by atoms with van der Waals surface area (Å²) in [7, 11) is 0. The van der Waals surface area contributed by atoms with Crippen LogP contribution in [0.25, 0.3) is 11.1 Å². The van der Waals surface area contributed by atoms with E-state index in [1.54, 1.807) is 0 Å². The molecule has 2 aliphatic rings. The molecule has 5 rings (SSSR count). The molecule has 2 heterocycles. The molecule has 1 aliphatic heterocycles. The van der Waals surface area contributed by atoms with Crippen LogP contribution in [0.3, 0.4) is 0 Å². The van der Waals surface area contributed by atoms with Crippen LogP contribution in [0, 0.1) is 5.41 Å². The Morgan fingerprint density at radius 3 is 2.45 bits per heavy atom. The van der Waals surface area contributed by atoms with Gasteiger partial charge in [-0.1, -0.05) is 42.5 Å². The first kappa shape index (κ1) is 12.3. The Hall–Kier alpha value is -2.29. The van der Waals surface area contributed by atoms with Gasteiger partial charge in [0.15, 0.2) is 5.58 Å². The van der Waals surface area contributed by atoms with Crippen LogP contribution >= 0.6 is 0 Å². The van der Waals surface area contributed by atoms with Gasteiger partial charge in [0.2, 0.25) is 0 Å². The van der Waals surface area contributed by atoms with Crippen molar-refractivity contribution < 1.29 is 4.42 Å². The van der Waals surface area contributed by atoms with E-state index in [4.69, 9.17) is 4.42 Å². The Balaban J connectivity index is 1.28. The molecule has 0 atom stereocenters. The van der Waals surface area contributed by atoms with Gasteiger partial charge in [-0.15, -0.1) is 0 Å². The first-order chi connectivity index (χ1) is 10.8. The van der Waals surface area contributed by atoms with E-state index in [9.17, 15) is 0 Å². The van der Waals surface area contributed by atoms with Gasteiger partial charge >= 0.3 is 0 Å². The number of hydrogen-bond donors (Lipinski definition) is 0. The summed E-state index contributed by atoms with van der Waals surface area (Å²) in [4.78, 5) is 6.87. The minimum atomic E-state index is 0.501. The fourth-order valence-corrected chi connectivity index (χ4v) is 4.10. The van der Waals surface area contributed by atoms with Crippen molar-refractivity contribution in [1.29, 1.82) is 0 Å². The van der Waals surface area contributed by atoms with Crippen LogP contribution in [-0.2, 0) is 0 Å². The monoisotopic (exact) mass is 290 g/mol. The predicted octanol–water partition coefficient (Wildman–Crippen LogP) is 4.21. The maximum Gasteiger partial charge on any atom is 0.298 e. The van der Waals surface area contributed by atoms with Gasteiger partial charge in [0, 0.05) is 18.5 Å². The number of benzene rings is 2. The molecule has 1 aliphatic carbocycles. The molecule has 1 spiro atoms. The number of aromatic nitrogens is 1. The van der Waals surface area contributed by atoms with Gasteiger partial charge < -0.3 is 9.32 Å². The zero-order valence-electron chi connectivity index (χ0n) is 12.4. The first-order valence-electron chi connectivity index (χ1n) is 7.97. The number of para-hydroxylation sites is 2. The largest absolute Gasteiger partial charge is 0.423 e. The van der Waals surface area contributed by atoms with Gasteiger partial charge in [-0.05, 0) is 36.5 Å². The predicted molar refractivity (Wildman–Crippen MR) is 87.1 cm³/mol. The standard InChI is InChI=1S/C19H18N2O/c1-2-6-14(7-3-1)15-10-19(11-15)12-21(13-19)18-20-16-8-4-5-9-17(16)22-18/h1-9,15H,10-13H2. The van der Waals surface area contributed by atoms with Crippen molar-refractivity contribution in [2.75, 3.05) is 18.0 Å². The lowest BCUT2D eigenvalue weighted by molar-refractivity contribution is 0.0594. The smallest absolute Gasteiger partial charge is 0.298 e. The topological polar surface area (TPSA) is 29.3 Å². The number of rotatable bonds is 2. The van der Waals surface area contributed by atoms with Crippen molar-refractivity contribution in [2.24, 2.45) is 5.41 Å². The average Bonchev–Trinajstić information content (AvgIpc) is 2.89. The van der Waals surface area contributed by atoms with Crippen LogP contribution in [0.15, 0.2) is 59.0 Å². The van der Waals surface area contributed by atoms with E-state index in [1.165, 1.54) is 18.4 Å². The minimum absolute atomic E-state index is 0.501. The summed E-state index contributed by atoms with van der Waals surface area (Å²) in [6, 6.07) is 19.7. The van der Waals surface area contributed by atoms with Gasteiger partial charge in [0.05, 0.1) is 0 Å². The Morgan fingerprint density at radius 1 is 0.955 bits per heavy atom. The third-order valence-corrected chi connectivity index (χ3v) is 5.24. The highest BCUT2D eigenvalue weighted by Gasteiger charge is 2.53. The minimum Gasteiger partial charge on any atom is -0.423 e. The number of hydrogen-bond acceptors (Lipinski definition) is 3. The second-order valence-electron chi connectivity index (χ2n) is 6.84. The molecule has 0 N–H and O–H groups in total. The van der Waals surface area contributed by atoms with Gasteiger partial charge in [0.1, 0.15) is 5.52 Å². The third kappa shape index (κ3) is 1.78. The Kier molecular flexibility index (Phi) is 2.43. The second kappa shape index (κ2) is 4.35. The molecule has 0 bridgehead atoms. The van der Waals surface area contributed by atoms with Crippen molar-refractivity contribution in [2.45, 2.75) is 18.8 Å². The zero-order chi connectivity index (χ0) is 14.6. The quantitative estimate of drug-likeness (QED) is 0.708. The lowest BCUT2D eigenvalue weighted by atomic mass is 9.56. The van der Waals surface area contributed by atoms with Gasteiger partial charge in [-0.2, -0.15) is 4.98 Å². The van der Waals surface area contributed by atoms with Crippen LogP contribution < -0.4 is 4.90 Å². The van der Waals surface area contributed by atoms with Gasteiger partial charge in [-0.3, -0.25) is 0 Å². The summed E-state index contributed by atoms with van der Waals surface area (Å²) >= 11 is 0. The molecule has 1 saturated heterocycles. The molecule has 1 saturated carbocycles. The molecule has 22 heavy (non-hydrogen) atoms. The SMILES string of the molecule is c1ccc(C2CC3(C2)CN(c2nc4ccccc4o2)C3)cc1. The summed E-state index contributed by atoms with van der Waals surface area (Å²) in [6.45, 7) is 2.17. The van der Waals surface area contributed by atoms with E-state index in [2.05, 4.69) is 40.2 Å². The molecule has 3 aromatic rings. The average molecular weight is 290 g/mol. The van der Waals surface area contributed by atoms with E-state index in [0.29, 0.717) is 5.41 Å². The normalized spacial score (nSPS) is 20.1. The van der Waals surface area contributed by atoms with Crippen LogP contribution in [0.1, 0.15) is 24.3 Å². The number of anilines is 1. The van der Waals surface area contributed by atoms with Crippen molar-refractivity contribution in [1.82, 2.24) is 4.98 Å². The summed E-state index contributed by atoms with van der Waals surface area (Å²) < 4.78 is 5.86. The van der Waals surface area contributed by atoms with Crippen LogP contribution in [0.5, 0.6) is 0 Å².